The van der Waals surface area contributed by atoms with Crippen molar-refractivity contribution >= 4 is 36.9 Å². The third-order valence-corrected chi connectivity index (χ3v) is 7.13. The summed E-state index contributed by atoms with van der Waals surface area (Å²) in [4.78, 5) is 0. The van der Waals surface area contributed by atoms with Crippen molar-refractivity contribution in [3.63, 3.8) is 0 Å². The quantitative estimate of drug-likeness (QED) is 0.0445. The van der Waals surface area contributed by atoms with Gasteiger partial charge in [0.15, 0.2) is 0 Å². The van der Waals surface area contributed by atoms with Crippen LogP contribution in [0.2, 0.25) is 32.2 Å². The minimum Gasteiger partial charge on any atom is -0.343 e. The Labute approximate surface area is 250 Å². The molecular weight excluding hydrogens is 609 g/mol. The first kappa shape index (κ1) is 45.7. The minimum atomic E-state index is -0.229. The molecule has 0 spiro atoms. The molecule has 0 aromatic rings. The molecule has 0 heterocycles. The molecule has 0 nitrogen and oxygen atoms in total. The van der Waals surface area contributed by atoms with Crippen LogP contribution >= 0.6 is 21.8 Å². The maximum atomic E-state index is 3.78. The van der Waals surface area contributed by atoms with Crippen molar-refractivity contribution in [3.05, 3.63) is 13.3 Å². The Morgan fingerprint density at radius 2 is 1.03 bits per heavy atom. The topological polar surface area (TPSA) is 0 Å². The third-order valence-electron chi connectivity index (χ3n) is 5.57. The summed E-state index contributed by atoms with van der Waals surface area (Å²) in [6, 6.07) is 1.56. The summed E-state index contributed by atoms with van der Waals surface area (Å²) in [5, 5.41) is 0. The normalized spacial score (nSPS) is 10.9. The van der Waals surface area contributed by atoms with Crippen LogP contribution in [-0.4, -0.2) is 15.1 Å². The van der Waals surface area contributed by atoms with E-state index >= 15 is 0 Å². The van der Waals surface area contributed by atoms with Crippen molar-refractivity contribution in [1.29, 1.82) is 0 Å². The second-order valence-corrected chi connectivity index (χ2v) is 23.3. The minimum absolute atomic E-state index is 0. The van der Waals surface area contributed by atoms with Gasteiger partial charge in [0.1, 0.15) is 6.29 Å². The van der Waals surface area contributed by atoms with E-state index in [1.807, 2.05) is 0 Å². The van der Waals surface area contributed by atoms with E-state index in [1.165, 1.54) is 103 Å². The first-order valence-corrected chi connectivity index (χ1v) is 24.6. The van der Waals surface area contributed by atoms with E-state index in [2.05, 4.69) is 95.9 Å². The number of halogens is 1. The summed E-state index contributed by atoms with van der Waals surface area (Å²) < 4.78 is 0. The van der Waals surface area contributed by atoms with Gasteiger partial charge in [-0.1, -0.05) is 163 Å². The Morgan fingerprint density at radius 1 is 0.676 bits per heavy atom. The van der Waals surface area contributed by atoms with Crippen molar-refractivity contribution < 1.29 is 19.5 Å². The largest absolute Gasteiger partial charge is 2.00 e. The molecule has 1 atom stereocenters. The van der Waals surface area contributed by atoms with Crippen molar-refractivity contribution in [3.8, 4) is 0 Å². The van der Waals surface area contributed by atoms with Crippen molar-refractivity contribution in [2.75, 3.05) is 0 Å². The Morgan fingerprint density at radius 3 is 1.38 bits per heavy atom. The molecule has 0 rings (SSSR count). The van der Waals surface area contributed by atoms with Gasteiger partial charge in [0.05, 0.1) is 0 Å². The van der Waals surface area contributed by atoms with Crippen LogP contribution in [0.4, 0.5) is 0 Å². The Hall–Kier alpha value is 1.79. The molecular formula is C30H69ISi2Zn. The monoisotopic (exact) mass is 676 g/mol. The molecule has 0 bridgehead atoms. The number of hydrogen-bond acceptors (Lipinski definition) is 0. The van der Waals surface area contributed by atoms with Gasteiger partial charge in [0.25, 0.3) is 0 Å². The summed E-state index contributed by atoms with van der Waals surface area (Å²) in [7, 11) is -0.229. The molecule has 34 heavy (non-hydrogen) atoms. The van der Waals surface area contributed by atoms with E-state index < -0.39 is 0 Å². The Bertz CT molecular complexity index is 280. The van der Waals surface area contributed by atoms with Gasteiger partial charge < -0.3 is 13.3 Å². The Kier molecular flexibility index (Phi) is 60.1. The maximum absolute atomic E-state index is 3.78. The smallest absolute Gasteiger partial charge is 0.343 e. The molecule has 0 aromatic carbocycles. The molecule has 0 amide bonds. The number of rotatable bonds is 18. The van der Waals surface area contributed by atoms with Gasteiger partial charge in [-0.25, -0.2) is 0 Å². The Balaban J connectivity index is -0.000000114. The van der Waals surface area contributed by atoms with E-state index in [0.29, 0.717) is 0 Å². The van der Waals surface area contributed by atoms with Gasteiger partial charge in [-0.3, -0.25) is 0 Å². The fraction of sp³-hybridized carbons (Fsp3) is 0.933. The SMILES string of the molecule is CCCCCCCC[SiH](C)C.C[CH-]C(C)CCCCCC.C[SiH](C)I.[CH2-]CCCCCCC.[Zn+2]. The number of hydrogen-bond donors (Lipinski definition) is 0. The average Bonchev–Trinajstić information content (AvgIpc) is 2.77. The molecule has 0 fully saturated rings. The molecule has 0 aliphatic carbocycles. The summed E-state index contributed by atoms with van der Waals surface area (Å²) in [5.74, 6) is 0.830. The average molecular weight is 678 g/mol. The molecule has 1 unspecified atom stereocenters. The van der Waals surface area contributed by atoms with Crippen molar-refractivity contribution in [1.82, 2.24) is 0 Å². The van der Waals surface area contributed by atoms with Crippen LogP contribution in [0.15, 0.2) is 0 Å². The first-order valence-electron chi connectivity index (χ1n) is 15.0. The molecule has 0 aromatic heterocycles. The van der Waals surface area contributed by atoms with E-state index in [1.54, 1.807) is 6.04 Å². The second-order valence-electron chi connectivity index (χ2n) is 10.4. The van der Waals surface area contributed by atoms with E-state index in [4.69, 9.17) is 0 Å². The summed E-state index contributed by atoms with van der Waals surface area (Å²) in [5.41, 5.74) is 0. The van der Waals surface area contributed by atoms with Crippen LogP contribution in [-0.2, 0) is 19.5 Å². The molecule has 4 heteroatoms. The van der Waals surface area contributed by atoms with Crippen LogP contribution in [0.5, 0.6) is 0 Å². The zero-order valence-electron chi connectivity index (χ0n) is 25.8. The van der Waals surface area contributed by atoms with Gasteiger partial charge >= 0.3 is 19.5 Å². The van der Waals surface area contributed by atoms with Gasteiger partial charge in [0, 0.05) is 8.80 Å². The number of unbranched alkanes of at least 4 members (excludes halogenated alkanes) is 13. The van der Waals surface area contributed by atoms with Crippen LogP contribution in [0.25, 0.3) is 0 Å². The summed E-state index contributed by atoms with van der Waals surface area (Å²) in [6.45, 7) is 24.5. The predicted octanol–water partition coefficient (Wildman–Crippen LogP) is 12.2. The molecule has 206 valence electrons. The van der Waals surface area contributed by atoms with Gasteiger partial charge in [-0.2, -0.15) is 19.3 Å². The van der Waals surface area contributed by atoms with Crippen LogP contribution in [0.3, 0.4) is 0 Å². The third kappa shape index (κ3) is 69.9. The van der Waals surface area contributed by atoms with E-state index in [0.717, 1.165) is 12.3 Å². The molecule has 0 N–H and O–H groups in total. The second kappa shape index (κ2) is 44.8. The fourth-order valence-corrected chi connectivity index (χ4v) is 4.28. The van der Waals surface area contributed by atoms with Crippen molar-refractivity contribution in [2.45, 2.75) is 176 Å². The molecule has 0 radical (unpaired) electrons. The molecule has 0 aliphatic heterocycles. The zero-order chi connectivity index (χ0) is 26.2. The zero-order valence-corrected chi connectivity index (χ0v) is 33.3. The van der Waals surface area contributed by atoms with Crippen LogP contribution in [0.1, 0.15) is 144 Å². The standard InChI is InChI=1S/C10H24Si.C10H21.C8H17.C2H7ISi.Zn/c1-4-5-6-7-8-9-10-11(2)3;1-4-6-7-8-9-10(3)5-2;1-3-5-7-8-6-4-2;1-4(2)3;/h11H,4-10H2,1-3H3;5,10H,4,6-9H2,1-3H3;1,3-8H2,2H3;4H,1-2H3;/q;2*-1;;+2. The molecule has 0 saturated heterocycles. The van der Waals surface area contributed by atoms with Crippen LogP contribution in [0, 0.1) is 19.3 Å². The van der Waals surface area contributed by atoms with E-state index in [9.17, 15) is 0 Å². The summed E-state index contributed by atoms with van der Waals surface area (Å²) in [6.07, 6.45) is 25.9. The first-order chi connectivity index (χ1) is 15.7. The van der Waals surface area contributed by atoms with Gasteiger partial charge in [-0.05, 0) is 0 Å². The summed E-state index contributed by atoms with van der Waals surface area (Å²) >= 11 is 2.48. The molecule has 0 aliphatic rings. The van der Waals surface area contributed by atoms with Crippen LogP contribution < -0.4 is 0 Å². The van der Waals surface area contributed by atoms with E-state index in [-0.39, 0.29) is 34.6 Å². The van der Waals surface area contributed by atoms with Gasteiger partial charge in [-0.15, -0.1) is 21.8 Å². The molecule has 0 saturated carbocycles. The fourth-order valence-electron chi connectivity index (χ4n) is 3.17. The van der Waals surface area contributed by atoms with Gasteiger partial charge in [0.2, 0.25) is 0 Å². The maximum Gasteiger partial charge on any atom is 2.00 e. The van der Waals surface area contributed by atoms with Crippen molar-refractivity contribution in [2.24, 2.45) is 5.92 Å². The predicted molar refractivity (Wildman–Crippen MR) is 177 cm³/mol.